The second kappa shape index (κ2) is 4.84. The van der Waals surface area contributed by atoms with Crippen LogP contribution >= 0.6 is 0 Å². The summed E-state index contributed by atoms with van der Waals surface area (Å²) in [5.41, 5.74) is 1.76. The Labute approximate surface area is 121 Å². The van der Waals surface area contributed by atoms with E-state index in [4.69, 9.17) is 4.42 Å². The molecule has 1 aromatic carbocycles. The SMILES string of the molecule is O=c1c2nc(Cc3ccccc3)oc2nc2n1CCCC2. The third-order valence-electron chi connectivity index (χ3n) is 3.87. The number of hydrogen-bond acceptors (Lipinski definition) is 4. The summed E-state index contributed by atoms with van der Waals surface area (Å²) in [4.78, 5) is 21.3. The number of aryl methyl sites for hydroxylation is 1. The Bertz CT molecular complexity index is 849. The normalized spacial score (nSPS) is 14.3. The lowest BCUT2D eigenvalue weighted by atomic mass is 10.1. The van der Waals surface area contributed by atoms with E-state index in [1.165, 1.54) is 0 Å². The fourth-order valence-electron chi connectivity index (χ4n) is 2.81. The Hall–Kier alpha value is -2.43. The molecule has 0 saturated carbocycles. The van der Waals surface area contributed by atoms with Crippen LogP contribution in [-0.4, -0.2) is 14.5 Å². The van der Waals surface area contributed by atoms with Crippen LogP contribution in [0.1, 0.15) is 30.1 Å². The monoisotopic (exact) mass is 281 g/mol. The zero-order chi connectivity index (χ0) is 14.2. The van der Waals surface area contributed by atoms with Crippen molar-refractivity contribution >= 4 is 11.2 Å². The fourth-order valence-corrected chi connectivity index (χ4v) is 2.81. The highest BCUT2D eigenvalue weighted by Crippen LogP contribution is 2.17. The van der Waals surface area contributed by atoms with E-state index >= 15 is 0 Å². The van der Waals surface area contributed by atoms with Crippen molar-refractivity contribution in [2.24, 2.45) is 0 Å². The van der Waals surface area contributed by atoms with Gasteiger partial charge in [0, 0.05) is 19.4 Å². The zero-order valence-electron chi connectivity index (χ0n) is 11.6. The molecule has 0 spiro atoms. The maximum absolute atomic E-state index is 12.4. The molecule has 0 fully saturated rings. The van der Waals surface area contributed by atoms with Gasteiger partial charge in [-0.25, -0.2) is 4.98 Å². The van der Waals surface area contributed by atoms with Gasteiger partial charge in [-0.15, -0.1) is 0 Å². The molecule has 0 aliphatic carbocycles. The van der Waals surface area contributed by atoms with Crippen LogP contribution in [0.15, 0.2) is 39.5 Å². The first kappa shape index (κ1) is 12.3. The molecule has 0 unspecified atom stereocenters. The highest BCUT2D eigenvalue weighted by Gasteiger charge is 2.18. The molecule has 3 heterocycles. The summed E-state index contributed by atoms with van der Waals surface area (Å²) < 4.78 is 7.42. The number of hydrogen-bond donors (Lipinski definition) is 0. The van der Waals surface area contributed by atoms with Crippen LogP contribution in [0.25, 0.3) is 11.2 Å². The van der Waals surface area contributed by atoms with Crippen molar-refractivity contribution in [1.82, 2.24) is 14.5 Å². The second-order valence-electron chi connectivity index (χ2n) is 5.37. The molecule has 2 aromatic heterocycles. The Morgan fingerprint density at radius 3 is 2.86 bits per heavy atom. The van der Waals surface area contributed by atoms with Crippen molar-refractivity contribution in [3.05, 3.63) is 58.0 Å². The largest absolute Gasteiger partial charge is 0.422 e. The van der Waals surface area contributed by atoms with Gasteiger partial charge in [-0.3, -0.25) is 9.36 Å². The van der Waals surface area contributed by atoms with E-state index in [9.17, 15) is 4.79 Å². The molecule has 1 aliphatic heterocycles. The van der Waals surface area contributed by atoms with Gasteiger partial charge in [0.15, 0.2) is 5.52 Å². The van der Waals surface area contributed by atoms with E-state index in [1.54, 1.807) is 4.57 Å². The van der Waals surface area contributed by atoms with Crippen LogP contribution in [0, 0.1) is 0 Å². The third-order valence-corrected chi connectivity index (χ3v) is 3.87. The molecule has 1 aliphatic rings. The molecule has 0 N–H and O–H groups in total. The van der Waals surface area contributed by atoms with Gasteiger partial charge in [-0.05, 0) is 18.4 Å². The fraction of sp³-hybridized carbons (Fsp3) is 0.312. The van der Waals surface area contributed by atoms with E-state index < -0.39 is 0 Å². The van der Waals surface area contributed by atoms with E-state index in [2.05, 4.69) is 9.97 Å². The van der Waals surface area contributed by atoms with E-state index in [-0.39, 0.29) is 5.56 Å². The van der Waals surface area contributed by atoms with Gasteiger partial charge in [0.2, 0.25) is 5.89 Å². The van der Waals surface area contributed by atoms with Crippen LogP contribution in [0.4, 0.5) is 0 Å². The smallest absolute Gasteiger partial charge is 0.283 e. The summed E-state index contributed by atoms with van der Waals surface area (Å²) in [5, 5.41) is 0. The van der Waals surface area contributed by atoms with Crippen LogP contribution in [-0.2, 0) is 19.4 Å². The zero-order valence-corrected chi connectivity index (χ0v) is 11.6. The molecular weight excluding hydrogens is 266 g/mol. The molecule has 5 heteroatoms. The summed E-state index contributed by atoms with van der Waals surface area (Å²) in [6.07, 6.45) is 3.50. The van der Waals surface area contributed by atoms with Gasteiger partial charge in [0.05, 0.1) is 0 Å². The first-order valence-electron chi connectivity index (χ1n) is 7.24. The van der Waals surface area contributed by atoms with Gasteiger partial charge >= 0.3 is 0 Å². The average molecular weight is 281 g/mol. The molecule has 0 amide bonds. The number of fused-ring (bicyclic) bond motifs is 2. The molecule has 5 nitrogen and oxygen atoms in total. The van der Waals surface area contributed by atoms with E-state index in [0.717, 1.165) is 37.2 Å². The van der Waals surface area contributed by atoms with Gasteiger partial charge in [-0.2, -0.15) is 4.98 Å². The molecule has 3 aromatic rings. The van der Waals surface area contributed by atoms with E-state index in [0.29, 0.717) is 23.5 Å². The summed E-state index contributed by atoms with van der Waals surface area (Å²) in [5.74, 6) is 1.37. The predicted octanol–water partition coefficient (Wildman–Crippen LogP) is 2.31. The first-order valence-corrected chi connectivity index (χ1v) is 7.24. The van der Waals surface area contributed by atoms with Crippen molar-refractivity contribution < 1.29 is 4.42 Å². The van der Waals surface area contributed by atoms with Crippen molar-refractivity contribution in [3.8, 4) is 0 Å². The molecule has 21 heavy (non-hydrogen) atoms. The number of aromatic nitrogens is 3. The van der Waals surface area contributed by atoms with Crippen molar-refractivity contribution in [1.29, 1.82) is 0 Å². The molecule has 0 radical (unpaired) electrons. The van der Waals surface area contributed by atoms with Gasteiger partial charge in [0.1, 0.15) is 5.82 Å². The molecule has 0 bridgehead atoms. The quantitative estimate of drug-likeness (QED) is 0.723. The molecule has 0 atom stereocenters. The minimum Gasteiger partial charge on any atom is -0.422 e. The lowest BCUT2D eigenvalue weighted by Gasteiger charge is -2.15. The topological polar surface area (TPSA) is 60.9 Å². The summed E-state index contributed by atoms with van der Waals surface area (Å²) in [7, 11) is 0. The summed E-state index contributed by atoms with van der Waals surface area (Å²) in [6, 6.07) is 9.95. The molecule has 106 valence electrons. The Balaban J connectivity index is 1.79. The molecule has 4 rings (SSSR count). The van der Waals surface area contributed by atoms with Crippen molar-refractivity contribution in [2.45, 2.75) is 32.2 Å². The van der Waals surface area contributed by atoms with Crippen LogP contribution in [0.5, 0.6) is 0 Å². The summed E-state index contributed by atoms with van der Waals surface area (Å²) >= 11 is 0. The molecular formula is C16H15N3O2. The Morgan fingerprint density at radius 1 is 1.14 bits per heavy atom. The lowest BCUT2D eigenvalue weighted by Crippen LogP contribution is -2.28. The van der Waals surface area contributed by atoms with Gasteiger partial charge in [0.25, 0.3) is 11.3 Å². The summed E-state index contributed by atoms with van der Waals surface area (Å²) in [6.45, 7) is 0.734. The Kier molecular flexibility index (Phi) is 2.84. The maximum Gasteiger partial charge on any atom is 0.283 e. The third kappa shape index (κ3) is 2.14. The second-order valence-corrected chi connectivity index (χ2v) is 5.37. The number of oxazole rings is 1. The van der Waals surface area contributed by atoms with Crippen LogP contribution in [0.3, 0.4) is 0 Å². The van der Waals surface area contributed by atoms with Gasteiger partial charge in [-0.1, -0.05) is 30.3 Å². The number of benzene rings is 1. The average Bonchev–Trinajstić information content (AvgIpc) is 2.91. The van der Waals surface area contributed by atoms with E-state index in [1.807, 2.05) is 30.3 Å². The van der Waals surface area contributed by atoms with Crippen LogP contribution in [0.2, 0.25) is 0 Å². The minimum absolute atomic E-state index is 0.0715. The number of nitrogens with zero attached hydrogens (tertiary/aromatic N) is 3. The predicted molar refractivity (Wildman–Crippen MR) is 78.3 cm³/mol. The first-order chi connectivity index (χ1) is 10.3. The maximum atomic E-state index is 12.4. The van der Waals surface area contributed by atoms with Crippen molar-refractivity contribution in [2.75, 3.05) is 0 Å². The van der Waals surface area contributed by atoms with Crippen LogP contribution < -0.4 is 5.56 Å². The minimum atomic E-state index is -0.0715. The highest BCUT2D eigenvalue weighted by atomic mass is 16.4. The number of rotatable bonds is 2. The van der Waals surface area contributed by atoms with Gasteiger partial charge < -0.3 is 4.42 Å². The molecule has 0 saturated heterocycles. The lowest BCUT2D eigenvalue weighted by molar-refractivity contribution is 0.489. The Morgan fingerprint density at radius 2 is 2.00 bits per heavy atom. The van der Waals surface area contributed by atoms with Crippen molar-refractivity contribution in [3.63, 3.8) is 0 Å². The standard InChI is InChI=1S/C16H15N3O2/c20-16-14-15(17-12-8-4-5-9-19(12)16)21-13(18-14)10-11-6-2-1-3-7-11/h1-3,6-7H,4-5,8-10H2. The highest BCUT2D eigenvalue weighted by molar-refractivity contribution is 5.66.